The smallest absolute Gasteiger partial charge is 0.0998 e. The fourth-order valence-corrected chi connectivity index (χ4v) is 4.35. The van der Waals surface area contributed by atoms with Crippen molar-refractivity contribution in [1.29, 1.82) is 10.5 Å². The summed E-state index contributed by atoms with van der Waals surface area (Å²) in [5.74, 6) is 0. The molecule has 0 atom stereocenters. The zero-order valence-electron chi connectivity index (χ0n) is 22.7. The van der Waals surface area contributed by atoms with Crippen LogP contribution in [-0.4, -0.2) is 13.1 Å². The van der Waals surface area contributed by atoms with E-state index in [1.807, 2.05) is 48.6 Å². The fourth-order valence-electron chi connectivity index (χ4n) is 4.35. The van der Waals surface area contributed by atoms with Gasteiger partial charge in [-0.15, -0.1) is 0 Å². The molecule has 0 radical (unpaired) electrons. The number of nitrogens with zero attached hydrogens (tertiary/aromatic N) is 3. The quantitative estimate of drug-likeness (QED) is 0.144. The van der Waals surface area contributed by atoms with Crippen LogP contribution in [0.1, 0.15) is 85.8 Å². The van der Waals surface area contributed by atoms with E-state index in [-0.39, 0.29) is 0 Å². The summed E-state index contributed by atoms with van der Waals surface area (Å²) in [6.07, 6.45) is 15.1. The summed E-state index contributed by atoms with van der Waals surface area (Å²) in [4.78, 5) is 2.50. The van der Waals surface area contributed by atoms with Crippen molar-refractivity contribution in [3.05, 3.63) is 94.0 Å². The molecule has 0 bridgehead atoms. The normalized spacial score (nSPS) is 11.1. The first kappa shape index (κ1) is 28.3. The molecule has 0 saturated heterocycles. The lowest BCUT2D eigenvalue weighted by molar-refractivity contribution is 0.636. The van der Waals surface area contributed by atoms with E-state index < -0.39 is 0 Å². The molecule has 4 heteroatoms. The molecule has 38 heavy (non-hydrogen) atoms. The topological polar surface area (TPSA) is 76.8 Å². The Morgan fingerprint density at radius 2 is 1.11 bits per heavy atom. The molecule has 3 rings (SSSR count). The van der Waals surface area contributed by atoms with Crippen molar-refractivity contribution in [2.75, 3.05) is 23.7 Å². The van der Waals surface area contributed by atoms with Gasteiger partial charge in [0.1, 0.15) is 0 Å². The highest BCUT2D eigenvalue weighted by molar-refractivity contribution is 5.79. The van der Waals surface area contributed by atoms with Gasteiger partial charge in [0.2, 0.25) is 0 Å². The Kier molecular flexibility index (Phi) is 11.2. The van der Waals surface area contributed by atoms with Crippen molar-refractivity contribution in [1.82, 2.24) is 0 Å². The second-order valence-corrected chi connectivity index (χ2v) is 9.58. The van der Waals surface area contributed by atoms with E-state index in [0.717, 1.165) is 29.8 Å². The summed E-state index contributed by atoms with van der Waals surface area (Å²) in [5, 5.41) is 19.5. The molecule has 3 aromatic carbocycles. The molecule has 194 valence electrons. The molecule has 0 aliphatic carbocycles. The molecule has 0 aliphatic heterocycles. The molecule has 0 amide bonds. The van der Waals surface area contributed by atoms with E-state index in [0.29, 0.717) is 22.4 Å². The first-order chi connectivity index (χ1) is 18.6. The van der Waals surface area contributed by atoms with Gasteiger partial charge in [-0.1, -0.05) is 88.1 Å². The van der Waals surface area contributed by atoms with Crippen LogP contribution in [0.5, 0.6) is 0 Å². The largest absolute Gasteiger partial charge is 0.399 e. The summed E-state index contributed by atoms with van der Waals surface area (Å²) >= 11 is 0. The Hall–Kier alpha value is -4.28. The van der Waals surface area contributed by atoms with Gasteiger partial charge in [-0.2, -0.15) is 10.5 Å². The Morgan fingerprint density at radius 3 is 1.53 bits per heavy atom. The van der Waals surface area contributed by atoms with Crippen molar-refractivity contribution in [3.63, 3.8) is 0 Å². The Bertz CT molecular complexity index is 1290. The molecular weight excluding hydrogens is 464 g/mol. The third-order valence-electron chi connectivity index (χ3n) is 6.63. The average molecular weight is 503 g/mol. The maximum atomic E-state index is 9.78. The number of nitrogen functional groups attached to an aromatic ring is 1. The maximum absolute atomic E-state index is 9.78. The van der Waals surface area contributed by atoms with Gasteiger partial charge in [-0.05, 0) is 71.5 Å². The number of benzene rings is 3. The van der Waals surface area contributed by atoms with Gasteiger partial charge >= 0.3 is 0 Å². The van der Waals surface area contributed by atoms with Crippen LogP contribution in [0.4, 0.5) is 11.4 Å². The first-order valence-electron chi connectivity index (χ1n) is 13.6. The Labute approximate surface area is 228 Å². The summed E-state index contributed by atoms with van der Waals surface area (Å²) < 4.78 is 0. The summed E-state index contributed by atoms with van der Waals surface area (Å²) in [7, 11) is 0. The lowest BCUT2D eigenvalue weighted by atomic mass is 9.97. The second-order valence-electron chi connectivity index (χ2n) is 9.58. The lowest BCUT2D eigenvalue weighted by Crippen LogP contribution is -2.25. The van der Waals surface area contributed by atoms with Crippen LogP contribution >= 0.6 is 0 Å². The number of hydrogen-bond acceptors (Lipinski definition) is 4. The van der Waals surface area contributed by atoms with E-state index in [1.54, 1.807) is 12.1 Å². The molecule has 0 heterocycles. The van der Waals surface area contributed by atoms with E-state index in [9.17, 15) is 10.5 Å². The number of unbranched alkanes of at least 4 members (excludes halogenated alkanes) is 4. The van der Waals surface area contributed by atoms with Gasteiger partial charge in [-0.25, -0.2) is 0 Å². The molecule has 0 aliphatic rings. The molecule has 0 unspecified atom stereocenters. The third-order valence-corrected chi connectivity index (χ3v) is 6.63. The van der Waals surface area contributed by atoms with Gasteiger partial charge in [0, 0.05) is 24.5 Å². The molecule has 0 saturated carbocycles. The predicted octanol–water partition coefficient (Wildman–Crippen LogP) is 8.54. The number of hydrogen-bond donors (Lipinski definition) is 1. The van der Waals surface area contributed by atoms with Gasteiger partial charge in [-0.3, -0.25) is 0 Å². The van der Waals surface area contributed by atoms with Crippen LogP contribution in [0, 0.1) is 22.7 Å². The van der Waals surface area contributed by atoms with Crippen molar-refractivity contribution < 1.29 is 0 Å². The highest BCUT2D eigenvalue weighted by Gasteiger charge is 2.08. The van der Waals surface area contributed by atoms with Crippen molar-refractivity contribution in [3.8, 4) is 12.1 Å². The number of anilines is 2. The van der Waals surface area contributed by atoms with Gasteiger partial charge in [0.15, 0.2) is 0 Å². The standard InChI is InChI=1S/C34H38N4/c1-3-5-7-21-38(22-8-6-4-2)34-19-13-28(14-20-34)10-16-30-24-31(25-35)29(23-32(30)26-36)15-9-27-11-17-33(37)18-12-27/h9-20,23-24H,3-8,21-22,37H2,1-2H3/b15-9+,16-10+. The average Bonchev–Trinajstić information content (AvgIpc) is 2.95. The van der Waals surface area contributed by atoms with E-state index in [4.69, 9.17) is 5.73 Å². The van der Waals surface area contributed by atoms with Crippen LogP contribution in [-0.2, 0) is 0 Å². The molecule has 0 spiro atoms. The number of rotatable bonds is 13. The number of nitrogens with two attached hydrogens (primary N) is 1. The first-order valence-corrected chi connectivity index (χ1v) is 13.6. The van der Waals surface area contributed by atoms with Gasteiger partial charge in [0.25, 0.3) is 0 Å². The van der Waals surface area contributed by atoms with Crippen molar-refractivity contribution >= 4 is 35.7 Å². The van der Waals surface area contributed by atoms with Crippen molar-refractivity contribution in [2.24, 2.45) is 0 Å². The highest BCUT2D eigenvalue weighted by Crippen LogP contribution is 2.23. The van der Waals surface area contributed by atoms with E-state index >= 15 is 0 Å². The van der Waals surface area contributed by atoms with Crippen LogP contribution in [0.3, 0.4) is 0 Å². The molecule has 3 aromatic rings. The van der Waals surface area contributed by atoms with Crippen LogP contribution in [0.25, 0.3) is 24.3 Å². The van der Waals surface area contributed by atoms with Gasteiger partial charge in [0.05, 0.1) is 23.3 Å². The van der Waals surface area contributed by atoms with Crippen LogP contribution in [0.15, 0.2) is 60.7 Å². The van der Waals surface area contributed by atoms with Gasteiger partial charge < -0.3 is 10.6 Å². The van der Waals surface area contributed by atoms with Crippen molar-refractivity contribution in [2.45, 2.75) is 52.4 Å². The zero-order valence-corrected chi connectivity index (χ0v) is 22.7. The second kappa shape index (κ2) is 15.1. The van der Waals surface area contributed by atoms with E-state index in [2.05, 4.69) is 55.2 Å². The minimum absolute atomic E-state index is 0.528. The molecule has 0 aromatic heterocycles. The molecule has 2 N–H and O–H groups in total. The monoisotopic (exact) mass is 502 g/mol. The number of nitriles is 2. The highest BCUT2D eigenvalue weighted by atomic mass is 15.1. The molecular formula is C34H38N4. The molecule has 4 nitrogen and oxygen atoms in total. The third kappa shape index (κ3) is 8.39. The van der Waals surface area contributed by atoms with Crippen LogP contribution < -0.4 is 10.6 Å². The zero-order chi connectivity index (χ0) is 27.2. The SMILES string of the molecule is CCCCCN(CCCCC)c1ccc(/C=C/c2cc(C#N)c(/C=C/c3ccc(N)cc3)cc2C#N)cc1. The molecule has 0 fully saturated rings. The minimum atomic E-state index is 0.528. The van der Waals surface area contributed by atoms with Crippen LogP contribution in [0.2, 0.25) is 0 Å². The fraction of sp³-hybridized carbons (Fsp3) is 0.294. The predicted molar refractivity (Wildman–Crippen MR) is 162 cm³/mol. The lowest BCUT2D eigenvalue weighted by Gasteiger charge is -2.25. The Balaban J connectivity index is 1.78. The summed E-state index contributed by atoms with van der Waals surface area (Å²) in [5.41, 5.74) is 12.3. The minimum Gasteiger partial charge on any atom is -0.399 e. The Morgan fingerprint density at radius 1 is 0.658 bits per heavy atom. The maximum Gasteiger partial charge on any atom is 0.0998 e. The van der Waals surface area contributed by atoms with E-state index in [1.165, 1.54) is 44.2 Å². The summed E-state index contributed by atoms with van der Waals surface area (Å²) in [6, 6.07) is 24.3. The summed E-state index contributed by atoms with van der Waals surface area (Å²) in [6.45, 7) is 6.67.